The van der Waals surface area contributed by atoms with Crippen molar-refractivity contribution in [3.8, 4) is 0 Å². The van der Waals surface area contributed by atoms with Gasteiger partial charge in [0.25, 0.3) is 0 Å². The molecule has 112 valence electrons. The van der Waals surface area contributed by atoms with E-state index in [9.17, 15) is 4.79 Å². The summed E-state index contributed by atoms with van der Waals surface area (Å²) in [5.74, 6) is 0.325. The van der Waals surface area contributed by atoms with Crippen LogP contribution in [-0.2, 0) is 19.0 Å². The Kier molecular flexibility index (Phi) is 7.34. The smallest absolute Gasteiger partial charge is 0.335 e. The van der Waals surface area contributed by atoms with Crippen LogP contribution in [0.1, 0.15) is 27.7 Å². The van der Waals surface area contributed by atoms with Gasteiger partial charge < -0.3 is 14.2 Å². The van der Waals surface area contributed by atoms with E-state index in [0.29, 0.717) is 25.7 Å². The Hall–Kier alpha value is -0.650. The molecule has 0 spiro atoms. The highest BCUT2D eigenvalue weighted by atomic mass is 16.6. The molecule has 0 aliphatic carbocycles. The van der Waals surface area contributed by atoms with Crippen molar-refractivity contribution in [1.29, 1.82) is 0 Å². The number of hydrogen-bond acceptors (Lipinski definition) is 5. The first-order valence-corrected chi connectivity index (χ1v) is 7.15. The van der Waals surface area contributed by atoms with E-state index in [4.69, 9.17) is 14.2 Å². The standard InChI is InChI=1S/C14H27NO4/c1-5-17-12(4)14(16)19-10-13-9-15(6-7-18-13)8-11(2)3/h11-13H,5-10H2,1-4H3. The van der Waals surface area contributed by atoms with Gasteiger partial charge in [-0.1, -0.05) is 13.8 Å². The molecule has 0 bridgehead atoms. The highest BCUT2D eigenvalue weighted by molar-refractivity contribution is 5.74. The van der Waals surface area contributed by atoms with Gasteiger partial charge in [0.05, 0.1) is 6.61 Å². The molecule has 0 N–H and O–H groups in total. The second-order valence-corrected chi connectivity index (χ2v) is 5.37. The SMILES string of the molecule is CCOC(C)C(=O)OCC1CN(CC(C)C)CCO1. The fourth-order valence-electron chi connectivity index (χ4n) is 2.17. The molecule has 0 amide bonds. The van der Waals surface area contributed by atoms with Crippen molar-refractivity contribution in [2.45, 2.75) is 39.9 Å². The summed E-state index contributed by atoms with van der Waals surface area (Å²) in [6, 6.07) is 0. The Balaban J connectivity index is 2.26. The Morgan fingerprint density at radius 3 is 2.79 bits per heavy atom. The lowest BCUT2D eigenvalue weighted by atomic mass is 10.2. The molecule has 1 aliphatic rings. The van der Waals surface area contributed by atoms with E-state index >= 15 is 0 Å². The van der Waals surface area contributed by atoms with Crippen LogP contribution in [0.5, 0.6) is 0 Å². The van der Waals surface area contributed by atoms with E-state index in [2.05, 4.69) is 18.7 Å². The summed E-state index contributed by atoms with van der Waals surface area (Å²) in [5, 5.41) is 0. The van der Waals surface area contributed by atoms with Crippen LogP contribution in [0, 0.1) is 5.92 Å². The van der Waals surface area contributed by atoms with Gasteiger partial charge in [-0.2, -0.15) is 0 Å². The predicted molar refractivity (Wildman–Crippen MR) is 73.1 cm³/mol. The van der Waals surface area contributed by atoms with Crippen molar-refractivity contribution >= 4 is 5.97 Å². The average molecular weight is 273 g/mol. The zero-order chi connectivity index (χ0) is 14.3. The number of carbonyl (C=O) groups excluding carboxylic acids is 1. The van der Waals surface area contributed by atoms with Gasteiger partial charge in [0, 0.05) is 26.2 Å². The zero-order valence-electron chi connectivity index (χ0n) is 12.6. The molecule has 2 unspecified atom stereocenters. The van der Waals surface area contributed by atoms with Crippen LogP contribution in [-0.4, -0.2) is 62.5 Å². The topological polar surface area (TPSA) is 48.0 Å². The monoisotopic (exact) mass is 273 g/mol. The molecule has 0 aromatic rings. The number of hydrogen-bond donors (Lipinski definition) is 0. The molecule has 2 atom stereocenters. The number of nitrogens with zero attached hydrogens (tertiary/aromatic N) is 1. The third-order valence-corrected chi connectivity index (χ3v) is 3.01. The van der Waals surface area contributed by atoms with Crippen molar-refractivity contribution < 1.29 is 19.0 Å². The van der Waals surface area contributed by atoms with Crippen LogP contribution >= 0.6 is 0 Å². The summed E-state index contributed by atoms with van der Waals surface area (Å²) in [7, 11) is 0. The highest BCUT2D eigenvalue weighted by Gasteiger charge is 2.23. The molecular formula is C14H27NO4. The average Bonchev–Trinajstić information content (AvgIpc) is 2.36. The van der Waals surface area contributed by atoms with Gasteiger partial charge >= 0.3 is 5.97 Å². The summed E-state index contributed by atoms with van der Waals surface area (Å²) < 4.78 is 16.0. The van der Waals surface area contributed by atoms with Crippen molar-refractivity contribution in [3.63, 3.8) is 0 Å². The van der Waals surface area contributed by atoms with Crippen LogP contribution in [0.25, 0.3) is 0 Å². The van der Waals surface area contributed by atoms with Crippen LogP contribution in [0.2, 0.25) is 0 Å². The lowest BCUT2D eigenvalue weighted by molar-refractivity contribution is -0.162. The molecule has 1 aliphatic heterocycles. The maximum atomic E-state index is 11.6. The lowest BCUT2D eigenvalue weighted by Crippen LogP contribution is -2.46. The molecule has 0 aromatic carbocycles. The van der Waals surface area contributed by atoms with Crippen LogP contribution < -0.4 is 0 Å². The second-order valence-electron chi connectivity index (χ2n) is 5.37. The van der Waals surface area contributed by atoms with E-state index in [-0.39, 0.29) is 12.1 Å². The first kappa shape index (κ1) is 16.4. The van der Waals surface area contributed by atoms with Gasteiger partial charge in [0.1, 0.15) is 12.7 Å². The fraction of sp³-hybridized carbons (Fsp3) is 0.929. The second kappa shape index (κ2) is 8.51. The molecule has 19 heavy (non-hydrogen) atoms. The van der Waals surface area contributed by atoms with Crippen LogP contribution in [0.3, 0.4) is 0 Å². The first-order chi connectivity index (χ1) is 9.02. The van der Waals surface area contributed by atoms with Gasteiger partial charge in [0.15, 0.2) is 6.10 Å². The van der Waals surface area contributed by atoms with E-state index in [1.807, 2.05) is 6.92 Å². The van der Waals surface area contributed by atoms with Gasteiger partial charge in [-0.05, 0) is 19.8 Å². The van der Waals surface area contributed by atoms with Gasteiger partial charge in [-0.25, -0.2) is 4.79 Å². The van der Waals surface area contributed by atoms with Crippen LogP contribution in [0.4, 0.5) is 0 Å². The quantitative estimate of drug-likeness (QED) is 0.655. The Bertz CT molecular complexity index is 270. The number of ether oxygens (including phenoxy) is 3. The molecule has 0 aromatic heterocycles. The molecule has 1 saturated heterocycles. The first-order valence-electron chi connectivity index (χ1n) is 7.15. The maximum Gasteiger partial charge on any atom is 0.335 e. The Labute approximate surface area is 116 Å². The minimum atomic E-state index is -0.500. The molecule has 1 rings (SSSR count). The minimum absolute atomic E-state index is 0.0229. The van der Waals surface area contributed by atoms with Gasteiger partial charge in [-0.15, -0.1) is 0 Å². The number of carbonyl (C=O) groups is 1. The highest BCUT2D eigenvalue weighted by Crippen LogP contribution is 2.09. The molecule has 0 saturated carbocycles. The van der Waals surface area contributed by atoms with Crippen molar-refractivity contribution in [2.75, 3.05) is 39.5 Å². The minimum Gasteiger partial charge on any atom is -0.461 e. The summed E-state index contributed by atoms with van der Waals surface area (Å²) in [5.41, 5.74) is 0. The summed E-state index contributed by atoms with van der Waals surface area (Å²) in [6.07, 6.45) is -0.523. The van der Waals surface area contributed by atoms with E-state index in [0.717, 1.165) is 19.6 Å². The molecule has 0 radical (unpaired) electrons. The van der Waals surface area contributed by atoms with E-state index in [1.54, 1.807) is 6.92 Å². The zero-order valence-corrected chi connectivity index (χ0v) is 12.6. The van der Waals surface area contributed by atoms with E-state index < -0.39 is 6.10 Å². The molecule has 5 heteroatoms. The van der Waals surface area contributed by atoms with Crippen LogP contribution in [0.15, 0.2) is 0 Å². The van der Waals surface area contributed by atoms with Gasteiger partial charge in [0.2, 0.25) is 0 Å². The maximum absolute atomic E-state index is 11.6. The normalized spacial score (nSPS) is 22.5. The van der Waals surface area contributed by atoms with Crippen molar-refractivity contribution in [2.24, 2.45) is 5.92 Å². The fourth-order valence-corrected chi connectivity index (χ4v) is 2.17. The van der Waals surface area contributed by atoms with Crippen molar-refractivity contribution in [3.05, 3.63) is 0 Å². The predicted octanol–water partition coefficient (Wildman–Crippen LogP) is 1.31. The Morgan fingerprint density at radius 1 is 1.42 bits per heavy atom. The number of morpholine rings is 1. The summed E-state index contributed by atoms with van der Waals surface area (Å²) >= 11 is 0. The number of esters is 1. The molecule has 5 nitrogen and oxygen atoms in total. The number of rotatable bonds is 7. The van der Waals surface area contributed by atoms with E-state index in [1.165, 1.54) is 0 Å². The lowest BCUT2D eigenvalue weighted by Gasteiger charge is -2.33. The third kappa shape index (κ3) is 6.36. The molecule has 1 fully saturated rings. The third-order valence-electron chi connectivity index (χ3n) is 3.01. The van der Waals surface area contributed by atoms with Gasteiger partial charge in [-0.3, -0.25) is 4.90 Å². The summed E-state index contributed by atoms with van der Waals surface area (Å²) in [6.45, 7) is 12.3. The molecule has 1 heterocycles. The Morgan fingerprint density at radius 2 is 2.16 bits per heavy atom. The molecular weight excluding hydrogens is 246 g/mol. The largest absolute Gasteiger partial charge is 0.461 e. The van der Waals surface area contributed by atoms with Crippen molar-refractivity contribution in [1.82, 2.24) is 4.90 Å². The summed E-state index contributed by atoms with van der Waals surface area (Å²) in [4.78, 5) is 14.0.